The van der Waals surface area contributed by atoms with Gasteiger partial charge in [0.2, 0.25) is 0 Å². The normalized spacial score (nSPS) is 15.1. The van der Waals surface area contributed by atoms with Crippen LogP contribution in [0.2, 0.25) is 0 Å². The second-order valence-corrected chi connectivity index (χ2v) is 5.26. The first-order valence-corrected chi connectivity index (χ1v) is 7.01. The number of rotatable bonds is 4. The van der Waals surface area contributed by atoms with E-state index in [9.17, 15) is 4.79 Å². The number of ether oxygens (including phenoxy) is 1. The van der Waals surface area contributed by atoms with Crippen molar-refractivity contribution in [2.75, 3.05) is 12.4 Å². The molecule has 4 nitrogen and oxygen atoms in total. The Morgan fingerprint density at radius 3 is 2.52 bits per heavy atom. The maximum absolute atomic E-state index is 12.2. The molecule has 108 valence electrons. The second kappa shape index (κ2) is 5.48. The highest BCUT2D eigenvalue weighted by atomic mass is 16.5. The number of carbonyl (C=O) groups excluding carboxylic acids is 1. The zero-order valence-electron chi connectivity index (χ0n) is 11.9. The molecule has 0 heterocycles. The predicted molar refractivity (Wildman–Crippen MR) is 82.5 cm³/mol. The van der Waals surface area contributed by atoms with Crippen molar-refractivity contribution in [1.29, 1.82) is 0 Å². The standard InChI is InChI=1S/C17H18N2O2/c1-21-15-9-5-8-14(12-15)18-16(20)19-17(10-11-17)13-6-3-2-4-7-13/h2-9,12H,10-11H2,1H3,(H2,18,19,20). The molecule has 2 amide bonds. The van der Waals surface area contributed by atoms with Crippen LogP contribution < -0.4 is 15.4 Å². The van der Waals surface area contributed by atoms with E-state index in [0.29, 0.717) is 0 Å². The number of methoxy groups -OCH3 is 1. The lowest BCUT2D eigenvalue weighted by molar-refractivity contribution is 0.247. The Bertz CT molecular complexity index is 636. The van der Waals surface area contributed by atoms with Gasteiger partial charge in [0.1, 0.15) is 5.75 Å². The van der Waals surface area contributed by atoms with Crippen molar-refractivity contribution in [3.63, 3.8) is 0 Å². The topological polar surface area (TPSA) is 50.4 Å². The third kappa shape index (κ3) is 2.99. The van der Waals surface area contributed by atoms with Gasteiger partial charge in [-0.15, -0.1) is 0 Å². The zero-order valence-corrected chi connectivity index (χ0v) is 11.9. The van der Waals surface area contributed by atoms with Gasteiger partial charge < -0.3 is 15.4 Å². The van der Waals surface area contributed by atoms with Gasteiger partial charge in [-0.05, 0) is 30.5 Å². The fourth-order valence-corrected chi connectivity index (χ4v) is 2.45. The molecule has 0 aromatic heterocycles. The van der Waals surface area contributed by atoms with Crippen LogP contribution >= 0.6 is 0 Å². The monoisotopic (exact) mass is 282 g/mol. The van der Waals surface area contributed by atoms with Gasteiger partial charge in [-0.2, -0.15) is 0 Å². The summed E-state index contributed by atoms with van der Waals surface area (Å²) < 4.78 is 5.15. The summed E-state index contributed by atoms with van der Waals surface area (Å²) in [6.45, 7) is 0. The highest BCUT2D eigenvalue weighted by Crippen LogP contribution is 2.45. The molecule has 21 heavy (non-hydrogen) atoms. The lowest BCUT2D eigenvalue weighted by Gasteiger charge is -2.18. The van der Waals surface area contributed by atoms with Crippen LogP contribution in [0.5, 0.6) is 5.75 Å². The van der Waals surface area contributed by atoms with Crippen molar-refractivity contribution in [3.05, 3.63) is 60.2 Å². The molecule has 2 aromatic rings. The summed E-state index contributed by atoms with van der Waals surface area (Å²) in [7, 11) is 1.60. The Hall–Kier alpha value is -2.49. The lowest BCUT2D eigenvalue weighted by Crippen LogP contribution is -2.38. The third-order valence-electron chi connectivity index (χ3n) is 3.76. The van der Waals surface area contributed by atoms with Crippen LogP contribution in [0.4, 0.5) is 10.5 Å². The fourth-order valence-electron chi connectivity index (χ4n) is 2.45. The molecule has 1 aliphatic carbocycles. The minimum Gasteiger partial charge on any atom is -0.497 e. The van der Waals surface area contributed by atoms with Crippen LogP contribution in [0, 0.1) is 0 Å². The summed E-state index contributed by atoms with van der Waals surface area (Å²) in [6, 6.07) is 17.2. The largest absolute Gasteiger partial charge is 0.497 e. The van der Waals surface area contributed by atoms with E-state index in [4.69, 9.17) is 4.74 Å². The summed E-state index contributed by atoms with van der Waals surface area (Å²) in [6.07, 6.45) is 1.95. The van der Waals surface area contributed by atoms with E-state index >= 15 is 0 Å². The van der Waals surface area contributed by atoms with Crippen molar-refractivity contribution in [2.24, 2.45) is 0 Å². The van der Waals surface area contributed by atoms with Gasteiger partial charge >= 0.3 is 6.03 Å². The van der Waals surface area contributed by atoms with Crippen LogP contribution in [0.1, 0.15) is 18.4 Å². The Kier molecular flexibility index (Phi) is 3.52. The number of nitrogens with one attached hydrogen (secondary N) is 2. The molecule has 1 saturated carbocycles. The highest BCUT2D eigenvalue weighted by Gasteiger charge is 2.45. The molecular formula is C17H18N2O2. The SMILES string of the molecule is COc1cccc(NC(=O)NC2(c3ccccc3)CC2)c1. The van der Waals surface area contributed by atoms with E-state index in [0.717, 1.165) is 29.8 Å². The number of hydrogen-bond acceptors (Lipinski definition) is 2. The Balaban J connectivity index is 1.67. The third-order valence-corrected chi connectivity index (χ3v) is 3.76. The van der Waals surface area contributed by atoms with Gasteiger partial charge in [-0.3, -0.25) is 0 Å². The summed E-state index contributed by atoms with van der Waals surface area (Å²) in [5, 5.41) is 5.93. The molecule has 2 aromatic carbocycles. The number of amides is 2. The van der Waals surface area contributed by atoms with Gasteiger partial charge in [-0.25, -0.2) is 4.79 Å². The molecule has 4 heteroatoms. The highest BCUT2D eigenvalue weighted by molar-refractivity contribution is 5.90. The quantitative estimate of drug-likeness (QED) is 0.901. The molecule has 3 rings (SSSR count). The second-order valence-electron chi connectivity index (χ2n) is 5.26. The molecule has 0 aliphatic heterocycles. The van der Waals surface area contributed by atoms with E-state index in [-0.39, 0.29) is 11.6 Å². The number of carbonyl (C=O) groups is 1. The molecule has 1 fully saturated rings. The number of anilines is 1. The van der Waals surface area contributed by atoms with E-state index in [2.05, 4.69) is 22.8 Å². The Labute approximate surface area is 124 Å². The summed E-state index contributed by atoms with van der Waals surface area (Å²) in [5.41, 5.74) is 1.67. The average molecular weight is 282 g/mol. The van der Waals surface area contributed by atoms with E-state index in [1.165, 1.54) is 0 Å². The number of benzene rings is 2. The first kappa shape index (κ1) is 13.5. The smallest absolute Gasteiger partial charge is 0.319 e. The Morgan fingerprint density at radius 1 is 1.10 bits per heavy atom. The molecule has 0 spiro atoms. The van der Waals surface area contributed by atoms with E-state index in [1.807, 2.05) is 36.4 Å². The number of urea groups is 1. The van der Waals surface area contributed by atoms with Crippen molar-refractivity contribution >= 4 is 11.7 Å². The molecule has 0 radical (unpaired) electrons. The molecule has 0 atom stereocenters. The maximum Gasteiger partial charge on any atom is 0.319 e. The molecular weight excluding hydrogens is 264 g/mol. The maximum atomic E-state index is 12.2. The van der Waals surface area contributed by atoms with Crippen LogP contribution in [-0.4, -0.2) is 13.1 Å². The van der Waals surface area contributed by atoms with Crippen LogP contribution in [0.25, 0.3) is 0 Å². The molecule has 1 aliphatic rings. The van der Waals surface area contributed by atoms with Crippen LogP contribution in [-0.2, 0) is 5.54 Å². The molecule has 0 bridgehead atoms. The van der Waals surface area contributed by atoms with Gasteiger partial charge in [0, 0.05) is 11.8 Å². The van der Waals surface area contributed by atoms with Crippen molar-refractivity contribution < 1.29 is 9.53 Å². The zero-order chi connectivity index (χ0) is 14.7. The van der Waals surface area contributed by atoms with Crippen LogP contribution in [0.15, 0.2) is 54.6 Å². The minimum absolute atomic E-state index is 0.190. The van der Waals surface area contributed by atoms with E-state index in [1.54, 1.807) is 13.2 Å². The fraction of sp³-hybridized carbons (Fsp3) is 0.235. The van der Waals surface area contributed by atoms with Gasteiger partial charge in [0.05, 0.1) is 12.6 Å². The molecule has 0 unspecified atom stereocenters. The molecule has 0 saturated heterocycles. The summed E-state index contributed by atoms with van der Waals surface area (Å²) in [4.78, 5) is 12.2. The number of hydrogen-bond donors (Lipinski definition) is 2. The van der Waals surface area contributed by atoms with Crippen molar-refractivity contribution in [3.8, 4) is 5.75 Å². The molecule has 2 N–H and O–H groups in total. The average Bonchev–Trinajstić information content (AvgIpc) is 3.29. The van der Waals surface area contributed by atoms with Gasteiger partial charge in [-0.1, -0.05) is 36.4 Å². The minimum atomic E-state index is -0.204. The van der Waals surface area contributed by atoms with E-state index < -0.39 is 0 Å². The van der Waals surface area contributed by atoms with Gasteiger partial charge in [0.25, 0.3) is 0 Å². The predicted octanol–water partition coefficient (Wildman–Crippen LogP) is 3.51. The van der Waals surface area contributed by atoms with Crippen molar-refractivity contribution in [2.45, 2.75) is 18.4 Å². The first-order valence-electron chi connectivity index (χ1n) is 7.01. The van der Waals surface area contributed by atoms with Crippen LogP contribution in [0.3, 0.4) is 0 Å². The van der Waals surface area contributed by atoms with Crippen molar-refractivity contribution in [1.82, 2.24) is 5.32 Å². The van der Waals surface area contributed by atoms with Gasteiger partial charge in [0.15, 0.2) is 0 Å². The lowest BCUT2D eigenvalue weighted by atomic mass is 10.1. The summed E-state index contributed by atoms with van der Waals surface area (Å²) >= 11 is 0. The first-order chi connectivity index (χ1) is 10.2. The summed E-state index contributed by atoms with van der Waals surface area (Å²) in [5.74, 6) is 0.719. The Morgan fingerprint density at radius 2 is 1.86 bits per heavy atom.